The Morgan fingerprint density at radius 1 is 0.810 bits per heavy atom. The van der Waals surface area contributed by atoms with Crippen LogP contribution in [0.1, 0.15) is 11.5 Å². The van der Waals surface area contributed by atoms with Crippen LogP contribution in [0.25, 0.3) is 0 Å². The number of para-hydroxylation sites is 2. The van der Waals surface area contributed by atoms with E-state index in [0.29, 0.717) is 0 Å². The average Bonchev–Trinajstić information content (AvgIpc) is 2.82. The molecule has 0 aromatic heterocycles. The van der Waals surface area contributed by atoms with E-state index in [4.69, 9.17) is 0 Å². The number of fused-ring (bicyclic) bond motifs is 2. The predicted octanol–water partition coefficient (Wildman–Crippen LogP) is 2.84. The Hall–Kier alpha value is -2.27. The summed E-state index contributed by atoms with van der Waals surface area (Å²) in [6.07, 6.45) is 0. The van der Waals surface area contributed by atoms with Gasteiger partial charge in [-0.2, -0.15) is 0 Å². The normalized spacial score (nSPS) is 23.0. The highest BCUT2D eigenvalue weighted by Gasteiger charge is 2.42. The molecule has 2 amide bonds. The first-order valence-corrected chi connectivity index (χ1v) is 7.58. The third-order valence-corrected chi connectivity index (χ3v) is 5.15. The van der Waals surface area contributed by atoms with Gasteiger partial charge in [0, 0.05) is 10.6 Å². The third-order valence-electron chi connectivity index (χ3n) is 3.80. The van der Waals surface area contributed by atoms with Crippen LogP contribution in [0.4, 0.5) is 11.4 Å². The number of rotatable bonds is 1. The van der Waals surface area contributed by atoms with Gasteiger partial charge in [-0.3, -0.25) is 9.59 Å². The maximum Gasteiger partial charge on any atom is 0.239 e. The van der Waals surface area contributed by atoms with Crippen molar-refractivity contribution in [2.45, 2.75) is 16.1 Å². The maximum absolute atomic E-state index is 12.4. The van der Waals surface area contributed by atoms with Crippen LogP contribution >= 0.6 is 11.8 Å². The van der Waals surface area contributed by atoms with Gasteiger partial charge in [-0.1, -0.05) is 30.3 Å². The molecular formula is C16H12N2O2S. The van der Waals surface area contributed by atoms with Crippen molar-refractivity contribution in [2.24, 2.45) is 0 Å². The molecule has 4 nitrogen and oxygen atoms in total. The van der Waals surface area contributed by atoms with Gasteiger partial charge in [-0.05, 0) is 23.8 Å². The number of benzene rings is 2. The highest BCUT2D eigenvalue weighted by Crippen LogP contribution is 2.45. The Bertz CT molecular complexity index is 759. The molecule has 2 atom stereocenters. The summed E-state index contributed by atoms with van der Waals surface area (Å²) in [5.74, 6) is -0.668. The molecule has 2 aromatic carbocycles. The lowest BCUT2D eigenvalue weighted by Gasteiger charge is -2.27. The van der Waals surface area contributed by atoms with E-state index < -0.39 is 11.2 Å². The highest BCUT2D eigenvalue weighted by molar-refractivity contribution is 8.01. The standard InChI is InChI=1S/C16H12N2O2S/c19-15-13(9-5-1-2-6-10(9)17-15)14-16(20)18-11-7-3-4-8-12(11)21-14/h1-8,13-14H,(H,17,19)(H,18,20). The predicted molar refractivity (Wildman–Crippen MR) is 82.5 cm³/mol. The SMILES string of the molecule is O=C1Nc2ccccc2SC1C1C(=O)Nc2ccccc21. The van der Waals surface area contributed by atoms with E-state index in [1.807, 2.05) is 48.5 Å². The molecule has 0 radical (unpaired) electrons. The maximum atomic E-state index is 12.4. The molecule has 0 saturated heterocycles. The summed E-state index contributed by atoms with van der Waals surface area (Å²) in [6, 6.07) is 15.2. The van der Waals surface area contributed by atoms with E-state index in [-0.39, 0.29) is 11.8 Å². The van der Waals surface area contributed by atoms with Gasteiger partial charge >= 0.3 is 0 Å². The van der Waals surface area contributed by atoms with Crippen molar-refractivity contribution in [3.63, 3.8) is 0 Å². The zero-order valence-electron chi connectivity index (χ0n) is 11.0. The van der Waals surface area contributed by atoms with Crippen molar-refractivity contribution in [1.82, 2.24) is 0 Å². The number of anilines is 2. The summed E-state index contributed by atoms with van der Waals surface area (Å²) in [5.41, 5.74) is 2.52. The lowest BCUT2D eigenvalue weighted by atomic mass is 9.96. The number of amides is 2. The van der Waals surface area contributed by atoms with Gasteiger partial charge in [0.1, 0.15) is 5.25 Å². The number of carbonyl (C=O) groups is 2. The van der Waals surface area contributed by atoms with Gasteiger partial charge in [0.25, 0.3) is 0 Å². The minimum atomic E-state index is -0.445. The number of thioether (sulfide) groups is 1. The first-order valence-electron chi connectivity index (χ1n) is 6.70. The van der Waals surface area contributed by atoms with Crippen LogP contribution < -0.4 is 10.6 Å². The number of hydrogen-bond acceptors (Lipinski definition) is 3. The van der Waals surface area contributed by atoms with Crippen LogP contribution in [-0.4, -0.2) is 17.1 Å². The van der Waals surface area contributed by atoms with E-state index in [2.05, 4.69) is 10.6 Å². The van der Waals surface area contributed by atoms with Gasteiger partial charge in [0.05, 0.1) is 11.6 Å². The molecule has 2 aliphatic rings. The first kappa shape index (κ1) is 12.5. The molecule has 0 bridgehead atoms. The van der Waals surface area contributed by atoms with Crippen LogP contribution in [0.2, 0.25) is 0 Å². The molecule has 2 heterocycles. The van der Waals surface area contributed by atoms with Crippen LogP contribution in [0.15, 0.2) is 53.4 Å². The second kappa shape index (κ2) is 4.63. The fraction of sp³-hybridized carbons (Fsp3) is 0.125. The summed E-state index contributed by atoms with van der Waals surface area (Å²) < 4.78 is 0. The molecule has 0 saturated carbocycles. The second-order valence-electron chi connectivity index (χ2n) is 5.08. The largest absolute Gasteiger partial charge is 0.325 e. The Labute approximate surface area is 125 Å². The van der Waals surface area contributed by atoms with Crippen molar-refractivity contribution in [1.29, 1.82) is 0 Å². The minimum Gasteiger partial charge on any atom is -0.325 e. The zero-order chi connectivity index (χ0) is 14.4. The summed E-state index contributed by atoms with van der Waals surface area (Å²) in [5, 5.41) is 5.31. The first-order chi connectivity index (χ1) is 10.2. The smallest absolute Gasteiger partial charge is 0.239 e. The number of nitrogens with one attached hydrogen (secondary N) is 2. The fourth-order valence-corrected chi connectivity index (χ4v) is 4.07. The minimum absolute atomic E-state index is 0.108. The van der Waals surface area contributed by atoms with Gasteiger partial charge in [0.15, 0.2) is 0 Å². The Morgan fingerprint density at radius 3 is 2.33 bits per heavy atom. The average molecular weight is 296 g/mol. The van der Waals surface area contributed by atoms with Crippen LogP contribution in [0, 0.1) is 0 Å². The summed E-state index contributed by atoms with van der Waals surface area (Å²) in [7, 11) is 0. The van der Waals surface area contributed by atoms with Gasteiger partial charge < -0.3 is 10.6 Å². The van der Waals surface area contributed by atoms with Crippen LogP contribution in [0.5, 0.6) is 0 Å². The van der Waals surface area contributed by atoms with E-state index in [1.54, 1.807) is 0 Å². The van der Waals surface area contributed by atoms with Crippen LogP contribution in [0.3, 0.4) is 0 Å². The van der Waals surface area contributed by atoms with Crippen molar-refractivity contribution in [3.8, 4) is 0 Å². The van der Waals surface area contributed by atoms with Crippen molar-refractivity contribution in [3.05, 3.63) is 54.1 Å². The molecule has 2 aliphatic heterocycles. The monoisotopic (exact) mass is 296 g/mol. The number of carbonyl (C=O) groups excluding carboxylic acids is 2. The Kier molecular flexibility index (Phi) is 2.75. The Balaban J connectivity index is 1.75. The van der Waals surface area contributed by atoms with Gasteiger partial charge in [0.2, 0.25) is 11.8 Å². The van der Waals surface area contributed by atoms with E-state index >= 15 is 0 Å². The summed E-state index contributed by atoms with van der Waals surface area (Å²) in [6.45, 7) is 0. The van der Waals surface area contributed by atoms with E-state index in [9.17, 15) is 9.59 Å². The quantitative estimate of drug-likeness (QED) is 0.850. The van der Waals surface area contributed by atoms with Gasteiger partial charge in [-0.25, -0.2) is 0 Å². The lowest BCUT2D eigenvalue weighted by molar-refractivity contribution is -0.121. The van der Waals surface area contributed by atoms with Gasteiger partial charge in [-0.15, -0.1) is 11.8 Å². The summed E-state index contributed by atoms with van der Waals surface area (Å²) in [4.78, 5) is 25.7. The molecule has 2 unspecified atom stereocenters. The molecular weight excluding hydrogens is 284 g/mol. The topological polar surface area (TPSA) is 58.2 Å². The molecule has 2 aromatic rings. The summed E-state index contributed by atoms with van der Waals surface area (Å²) >= 11 is 1.46. The zero-order valence-corrected chi connectivity index (χ0v) is 11.8. The highest BCUT2D eigenvalue weighted by atomic mass is 32.2. The molecule has 21 heavy (non-hydrogen) atoms. The molecule has 0 spiro atoms. The molecule has 2 N–H and O–H groups in total. The molecule has 0 aliphatic carbocycles. The second-order valence-corrected chi connectivity index (χ2v) is 6.26. The Morgan fingerprint density at radius 2 is 1.48 bits per heavy atom. The molecule has 5 heteroatoms. The third kappa shape index (κ3) is 1.93. The van der Waals surface area contributed by atoms with Crippen LogP contribution in [-0.2, 0) is 9.59 Å². The van der Waals surface area contributed by atoms with Crippen molar-refractivity contribution >= 4 is 35.0 Å². The van der Waals surface area contributed by atoms with Crippen molar-refractivity contribution in [2.75, 3.05) is 10.6 Å². The number of hydrogen-bond donors (Lipinski definition) is 2. The molecule has 0 fully saturated rings. The molecule has 104 valence electrons. The van der Waals surface area contributed by atoms with E-state index in [1.165, 1.54) is 11.8 Å². The van der Waals surface area contributed by atoms with Crippen molar-refractivity contribution < 1.29 is 9.59 Å². The van der Waals surface area contributed by atoms with E-state index in [0.717, 1.165) is 21.8 Å². The fourth-order valence-electron chi connectivity index (χ4n) is 2.82. The lowest BCUT2D eigenvalue weighted by Crippen LogP contribution is -2.36. The molecule has 4 rings (SSSR count).